The number of carbonyl (C=O) groups excluding carboxylic acids is 2. The minimum Gasteiger partial charge on any atom is -0.508 e. The Morgan fingerprint density at radius 2 is 1.69 bits per heavy atom. The molecule has 2 aliphatic heterocycles. The summed E-state index contributed by atoms with van der Waals surface area (Å²) in [4.78, 5) is 34.3. The molecule has 0 aliphatic carbocycles. The van der Waals surface area contributed by atoms with Crippen LogP contribution in [0.1, 0.15) is 44.0 Å². The van der Waals surface area contributed by atoms with Crippen LogP contribution < -0.4 is 4.90 Å². The molecule has 3 aromatic carbocycles. The average molecular weight is 699 g/mol. The Balaban J connectivity index is 1.31. The smallest absolute Gasteiger partial charge is 0.279 e. The van der Waals surface area contributed by atoms with Gasteiger partial charge in [0.1, 0.15) is 11.6 Å². The molecule has 0 saturated carbocycles. The second kappa shape index (κ2) is 14.1. The molecule has 1 atom stereocenters. The van der Waals surface area contributed by atoms with Gasteiger partial charge in [-0.25, -0.2) is 13.2 Å². The number of aromatic hydroxyl groups is 1. The third kappa shape index (κ3) is 6.74. The highest BCUT2D eigenvalue weighted by Gasteiger charge is 2.35. The van der Waals surface area contributed by atoms with Gasteiger partial charge in [0.05, 0.1) is 36.4 Å². The van der Waals surface area contributed by atoms with E-state index in [0.717, 1.165) is 34.8 Å². The fourth-order valence-electron chi connectivity index (χ4n) is 7.08. The lowest BCUT2D eigenvalue weighted by Gasteiger charge is -2.40. The van der Waals surface area contributed by atoms with E-state index >= 15 is 4.39 Å². The van der Waals surface area contributed by atoms with Crippen molar-refractivity contribution in [3.8, 4) is 17.0 Å². The molecular formula is C38H37F3N6O4. The maximum Gasteiger partial charge on any atom is 0.279 e. The third-order valence-electron chi connectivity index (χ3n) is 9.65. The van der Waals surface area contributed by atoms with Crippen LogP contribution in [0.15, 0.2) is 85.2 Å². The van der Waals surface area contributed by atoms with Gasteiger partial charge in [-0.15, -0.1) is 0 Å². The lowest BCUT2D eigenvalue weighted by Crippen LogP contribution is -2.52. The largest absolute Gasteiger partial charge is 0.508 e. The van der Waals surface area contributed by atoms with Crippen LogP contribution in [0.2, 0.25) is 0 Å². The van der Waals surface area contributed by atoms with Crippen LogP contribution in [-0.4, -0.2) is 80.0 Å². The molecule has 7 rings (SSSR count). The fourth-order valence-corrected chi connectivity index (χ4v) is 7.08. The second-order valence-corrected chi connectivity index (χ2v) is 12.9. The third-order valence-corrected chi connectivity index (χ3v) is 9.65. The first kappa shape index (κ1) is 34.1. The summed E-state index contributed by atoms with van der Waals surface area (Å²) in [6, 6.07) is 18.5. The Morgan fingerprint density at radius 3 is 2.37 bits per heavy atom. The van der Waals surface area contributed by atoms with Gasteiger partial charge in [-0.2, -0.15) is 5.10 Å². The second-order valence-electron chi connectivity index (χ2n) is 12.9. The van der Waals surface area contributed by atoms with E-state index in [-0.39, 0.29) is 40.1 Å². The molecule has 51 heavy (non-hydrogen) atoms. The zero-order valence-electron chi connectivity index (χ0n) is 28.2. The van der Waals surface area contributed by atoms with Gasteiger partial charge in [0.2, 0.25) is 0 Å². The topological polar surface area (TPSA) is 96.1 Å². The Hall–Kier alpha value is -5.40. The molecular weight excluding hydrogens is 661 g/mol. The SMILES string of the molecule is Cn1cc(N(C(=O)c2cc(-c3cc(F)ccc3C(=O)N3Cc4ccccc4C[C@H]3CN3CCOCC3)n(C)c2C(F)F)c2ccc(O)cc2)cn1. The maximum atomic E-state index is 15.1. The van der Waals surface area contributed by atoms with Crippen LogP contribution in [0.3, 0.4) is 0 Å². The van der Waals surface area contributed by atoms with Crippen molar-refractivity contribution in [1.29, 1.82) is 0 Å². The molecule has 0 unspecified atom stereocenters. The van der Waals surface area contributed by atoms with Gasteiger partial charge in [0, 0.05) is 75.0 Å². The summed E-state index contributed by atoms with van der Waals surface area (Å²) in [5.41, 5.74) is 2.13. The van der Waals surface area contributed by atoms with E-state index in [0.29, 0.717) is 44.1 Å². The molecule has 1 fully saturated rings. The minimum absolute atomic E-state index is 0.0414. The van der Waals surface area contributed by atoms with Crippen molar-refractivity contribution in [3.05, 3.63) is 119 Å². The van der Waals surface area contributed by atoms with Gasteiger partial charge in [-0.05, 0) is 66.1 Å². The van der Waals surface area contributed by atoms with Crippen molar-refractivity contribution >= 4 is 23.2 Å². The summed E-state index contributed by atoms with van der Waals surface area (Å²) in [7, 11) is 3.03. The number of nitrogens with zero attached hydrogens (tertiary/aromatic N) is 6. The Bertz CT molecular complexity index is 2070. The number of halogens is 3. The number of fused-ring (bicyclic) bond motifs is 1. The number of amides is 2. The van der Waals surface area contributed by atoms with Crippen molar-refractivity contribution in [1.82, 2.24) is 24.1 Å². The van der Waals surface area contributed by atoms with Crippen LogP contribution in [0.5, 0.6) is 5.75 Å². The van der Waals surface area contributed by atoms with E-state index in [2.05, 4.69) is 16.1 Å². The first-order valence-corrected chi connectivity index (χ1v) is 16.7. The van der Waals surface area contributed by atoms with E-state index in [1.165, 1.54) is 65.3 Å². The fraction of sp³-hybridized carbons (Fsp3) is 0.289. The van der Waals surface area contributed by atoms with Crippen molar-refractivity contribution in [2.45, 2.75) is 25.4 Å². The number of carbonyl (C=O) groups is 2. The summed E-state index contributed by atoms with van der Waals surface area (Å²) in [5, 5.41) is 14.0. The predicted octanol–water partition coefficient (Wildman–Crippen LogP) is 6.09. The van der Waals surface area contributed by atoms with Gasteiger partial charge in [-0.3, -0.25) is 24.1 Å². The number of anilines is 2. The highest BCUT2D eigenvalue weighted by molar-refractivity contribution is 6.12. The minimum atomic E-state index is -3.09. The number of hydrogen-bond acceptors (Lipinski definition) is 6. The van der Waals surface area contributed by atoms with Crippen LogP contribution in [0.4, 0.5) is 24.5 Å². The van der Waals surface area contributed by atoms with Gasteiger partial charge < -0.3 is 19.3 Å². The van der Waals surface area contributed by atoms with Crippen molar-refractivity contribution in [2.24, 2.45) is 14.1 Å². The average Bonchev–Trinajstić information content (AvgIpc) is 3.71. The van der Waals surface area contributed by atoms with E-state index in [4.69, 9.17) is 4.74 Å². The van der Waals surface area contributed by atoms with Crippen LogP contribution in [-0.2, 0) is 31.8 Å². The number of phenolic OH excluding ortho intramolecular Hbond substituents is 1. The number of benzene rings is 3. The van der Waals surface area contributed by atoms with Gasteiger partial charge >= 0.3 is 0 Å². The number of rotatable bonds is 8. The zero-order valence-corrected chi connectivity index (χ0v) is 28.2. The zero-order chi connectivity index (χ0) is 35.8. The normalized spacial score (nSPS) is 16.4. The molecule has 5 aromatic rings. The van der Waals surface area contributed by atoms with Crippen LogP contribution >= 0.6 is 0 Å². The molecule has 264 valence electrons. The van der Waals surface area contributed by atoms with Crippen LogP contribution in [0.25, 0.3) is 11.3 Å². The summed E-state index contributed by atoms with van der Waals surface area (Å²) < 4.78 is 53.1. The molecule has 0 radical (unpaired) electrons. The van der Waals surface area contributed by atoms with Gasteiger partial charge in [-0.1, -0.05) is 24.3 Å². The first-order valence-electron chi connectivity index (χ1n) is 16.7. The lowest BCUT2D eigenvalue weighted by atomic mass is 9.92. The number of ether oxygens (including phenoxy) is 1. The van der Waals surface area contributed by atoms with Gasteiger partial charge in [0.15, 0.2) is 0 Å². The Morgan fingerprint density at radius 1 is 0.961 bits per heavy atom. The number of morpholine rings is 1. The number of aryl methyl sites for hydroxylation is 1. The van der Waals surface area contributed by atoms with Crippen molar-refractivity contribution in [2.75, 3.05) is 37.7 Å². The quantitative estimate of drug-likeness (QED) is 0.211. The molecule has 13 heteroatoms. The monoisotopic (exact) mass is 698 g/mol. The van der Waals surface area contributed by atoms with E-state index in [9.17, 15) is 23.5 Å². The highest BCUT2D eigenvalue weighted by Crippen LogP contribution is 2.38. The molecule has 0 spiro atoms. The number of phenols is 1. The standard InChI is InChI=1S/C38H37F3N6O4/c1-43-22-29(20-42-43)47(27-8-10-30(48)11-9-27)38(50)33-19-34(44(2)35(33)36(40)41)32-18-26(39)7-12-31(32)37(49)46-21-25-6-4-3-5-24(25)17-28(46)23-45-13-15-51-16-14-45/h3-12,18-20,22,28,36,48H,13-17,21,23H2,1-2H3/t28-/m0/s1. The number of alkyl halides is 2. The molecule has 1 saturated heterocycles. The molecule has 10 nitrogen and oxygen atoms in total. The maximum absolute atomic E-state index is 15.1. The Labute approximate surface area is 292 Å². The molecule has 4 heterocycles. The van der Waals surface area contributed by atoms with E-state index < -0.39 is 23.8 Å². The summed E-state index contributed by atoms with van der Waals surface area (Å²) in [6.45, 7) is 3.61. The lowest BCUT2D eigenvalue weighted by molar-refractivity contribution is 0.0193. The molecule has 0 bridgehead atoms. The van der Waals surface area contributed by atoms with E-state index in [1.54, 1.807) is 18.1 Å². The van der Waals surface area contributed by atoms with Crippen molar-refractivity contribution < 1.29 is 32.6 Å². The summed E-state index contributed by atoms with van der Waals surface area (Å²) in [6.07, 6.45) is 0.506. The number of aromatic nitrogens is 3. The first-order chi connectivity index (χ1) is 24.6. The molecule has 2 aliphatic rings. The van der Waals surface area contributed by atoms with E-state index in [1.807, 2.05) is 18.2 Å². The van der Waals surface area contributed by atoms with Gasteiger partial charge in [0.25, 0.3) is 18.2 Å². The summed E-state index contributed by atoms with van der Waals surface area (Å²) in [5.74, 6) is -1.87. The predicted molar refractivity (Wildman–Crippen MR) is 185 cm³/mol. The van der Waals surface area contributed by atoms with Crippen LogP contribution in [0, 0.1) is 5.82 Å². The highest BCUT2D eigenvalue weighted by atomic mass is 19.3. The Kier molecular flexibility index (Phi) is 9.40. The van der Waals surface area contributed by atoms with Crippen molar-refractivity contribution in [3.63, 3.8) is 0 Å². The molecule has 2 aromatic heterocycles. The molecule has 2 amide bonds. The summed E-state index contributed by atoms with van der Waals surface area (Å²) >= 11 is 0. The molecule has 1 N–H and O–H groups in total. The number of hydrogen-bond donors (Lipinski definition) is 1.